The van der Waals surface area contributed by atoms with Crippen molar-refractivity contribution in [2.75, 3.05) is 33.9 Å². The van der Waals surface area contributed by atoms with E-state index in [4.69, 9.17) is 9.47 Å². The van der Waals surface area contributed by atoms with Crippen LogP contribution in [0.25, 0.3) is 0 Å². The van der Waals surface area contributed by atoms with E-state index in [1.165, 1.54) is 6.42 Å². The number of aliphatic hydroxyl groups is 1. The number of methoxy groups -OCH3 is 1. The molecule has 0 radical (unpaired) electrons. The zero-order chi connectivity index (χ0) is 15.5. The van der Waals surface area contributed by atoms with Crippen LogP contribution in [-0.4, -0.2) is 50.0 Å². The van der Waals surface area contributed by atoms with E-state index >= 15 is 0 Å². The Morgan fingerprint density at radius 1 is 1.33 bits per heavy atom. The molecule has 0 amide bonds. The molecule has 0 aromatic heterocycles. The van der Waals surface area contributed by atoms with Crippen molar-refractivity contribution >= 4 is 0 Å². The van der Waals surface area contributed by atoms with Gasteiger partial charge in [-0.1, -0.05) is 19.9 Å². The van der Waals surface area contributed by atoms with Gasteiger partial charge in [0.1, 0.15) is 6.10 Å². The molecule has 1 fully saturated rings. The van der Waals surface area contributed by atoms with Crippen LogP contribution in [-0.2, 0) is 5.41 Å². The molecule has 4 heteroatoms. The minimum Gasteiger partial charge on any atom is -0.493 e. The van der Waals surface area contributed by atoms with Gasteiger partial charge in [0.25, 0.3) is 0 Å². The number of likely N-dealkylation sites (N-methyl/N-ethyl adjacent to an activating group) is 1. The average molecular weight is 293 g/mol. The second kappa shape index (κ2) is 6.67. The number of nitrogens with zero attached hydrogens (tertiary/aromatic N) is 1. The standard InChI is InChI=1S/C17H27NO3/c1-17(2,12-19)13-7-8-15(16(10-13)20-4)21-14-6-5-9-18(3)11-14/h7-8,10,14,19H,5-6,9,11-12H2,1-4H3. The Balaban J connectivity index is 2.16. The largest absolute Gasteiger partial charge is 0.493 e. The summed E-state index contributed by atoms with van der Waals surface area (Å²) in [4.78, 5) is 2.30. The highest BCUT2D eigenvalue weighted by molar-refractivity contribution is 5.45. The minimum atomic E-state index is -0.281. The van der Waals surface area contributed by atoms with Gasteiger partial charge in [-0.3, -0.25) is 0 Å². The highest BCUT2D eigenvalue weighted by Crippen LogP contribution is 2.34. The summed E-state index contributed by atoms with van der Waals surface area (Å²) >= 11 is 0. The Labute approximate surface area is 127 Å². The van der Waals surface area contributed by atoms with Crippen LogP contribution in [0.4, 0.5) is 0 Å². The third-order valence-electron chi connectivity index (χ3n) is 4.22. The molecule has 4 nitrogen and oxygen atoms in total. The molecular formula is C17H27NO3. The van der Waals surface area contributed by atoms with Crippen molar-refractivity contribution in [1.82, 2.24) is 4.90 Å². The SMILES string of the molecule is COc1cc(C(C)(C)CO)ccc1OC1CCCN(C)C1. The van der Waals surface area contributed by atoms with Crippen molar-refractivity contribution in [3.63, 3.8) is 0 Å². The van der Waals surface area contributed by atoms with Gasteiger partial charge < -0.3 is 19.5 Å². The molecular weight excluding hydrogens is 266 g/mol. The number of ether oxygens (including phenoxy) is 2. The van der Waals surface area contributed by atoms with E-state index in [9.17, 15) is 5.11 Å². The molecule has 0 spiro atoms. The van der Waals surface area contributed by atoms with Crippen molar-refractivity contribution < 1.29 is 14.6 Å². The first-order valence-corrected chi connectivity index (χ1v) is 7.61. The van der Waals surface area contributed by atoms with Crippen LogP contribution in [0.15, 0.2) is 18.2 Å². The van der Waals surface area contributed by atoms with Gasteiger partial charge in [0.2, 0.25) is 0 Å². The van der Waals surface area contributed by atoms with Crippen LogP contribution < -0.4 is 9.47 Å². The van der Waals surface area contributed by atoms with Gasteiger partial charge in [-0.05, 0) is 44.1 Å². The highest BCUT2D eigenvalue weighted by atomic mass is 16.5. The average Bonchev–Trinajstić information content (AvgIpc) is 2.47. The molecule has 0 saturated carbocycles. The first-order valence-electron chi connectivity index (χ1n) is 7.61. The van der Waals surface area contributed by atoms with E-state index in [2.05, 4.69) is 11.9 Å². The minimum absolute atomic E-state index is 0.101. The number of rotatable bonds is 5. The summed E-state index contributed by atoms with van der Waals surface area (Å²) in [6, 6.07) is 5.94. The highest BCUT2D eigenvalue weighted by Gasteiger charge is 2.23. The Bertz CT molecular complexity index is 473. The lowest BCUT2D eigenvalue weighted by Gasteiger charge is -2.31. The smallest absolute Gasteiger partial charge is 0.161 e. The van der Waals surface area contributed by atoms with E-state index in [1.807, 2.05) is 32.0 Å². The van der Waals surface area contributed by atoms with Gasteiger partial charge in [0.15, 0.2) is 11.5 Å². The third-order valence-corrected chi connectivity index (χ3v) is 4.22. The Hall–Kier alpha value is -1.26. The number of likely N-dealkylation sites (tertiary alicyclic amines) is 1. The number of benzene rings is 1. The van der Waals surface area contributed by atoms with E-state index in [0.29, 0.717) is 0 Å². The van der Waals surface area contributed by atoms with Crippen molar-refractivity contribution in [1.29, 1.82) is 0 Å². The first-order chi connectivity index (χ1) is 9.96. The Morgan fingerprint density at radius 2 is 2.10 bits per heavy atom. The first kappa shape index (κ1) is 16.1. The molecule has 1 N–H and O–H groups in total. The van der Waals surface area contributed by atoms with E-state index < -0.39 is 0 Å². The Kier molecular flexibility index (Phi) is 5.12. The maximum absolute atomic E-state index is 9.49. The summed E-state index contributed by atoms with van der Waals surface area (Å²) in [7, 11) is 3.78. The van der Waals surface area contributed by atoms with Gasteiger partial charge in [-0.15, -0.1) is 0 Å². The van der Waals surface area contributed by atoms with E-state index in [0.717, 1.165) is 36.6 Å². The monoisotopic (exact) mass is 293 g/mol. The zero-order valence-electron chi connectivity index (χ0n) is 13.6. The van der Waals surface area contributed by atoms with Crippen LogP contribution in [0.5, 0.6) is 11.5 Å². The number of aliphatic hydroxyl groups excluding tert-OH is 1. The lowest BCUT2D eigenvalue weighted by Crippen LogP contribution is -2.38. The van der Waals surface area contributed by atoms with Gasteiger partial charge >= 0.3 is 0 Å². The maximum atomic E-state index is 9.49. The second-order valence-corrected chi connectivity index (χ2v) is 6.55. The van der Waals surface area contributed by atoms with Crippen molar-refractivity contribution in [3.8, 4) is 11.5 Å². The molecule has 2 rings (SSSR count). The number of hydrogen-bond donors (Lipinski definition) is 1. The van der Waals surface area contributed by atoms with Crippen LogP contribution in [0, 0.1) is 0 Å². The predicted molar refractivity (Wildman–Crippen MR) is 84.3 cm³/mol. The maximum Gasteiger partial charge on any atom is 0.161 e. The zero-order valence-corrected chi connectivity index (χ0v) is 13.6. The van der Waals surface area contributed by atoms with Gasteiger partial charge in [-0.25, -0.2) is 0 Å². The fourth-order valence-corrected chi connectivity index (χ4v) is 2.67. The van der Waals surface area contributed by atoms with Gasteiger partial charge in [-0.2, -0.15) is 0 Å². The predicted octanol–water partition coefficient (Wildman–Crippen LogP) is 2.44. The summed E-state index contributed by atoms with van der Waals surface area (Å²) in [5.74, 6) is 1.53. The fraction of sp³-hybridized carbons (Fsp3) is 0.647. The molecule has 1 unspecified atom stereocenters. The quantitative estimate of drug-likeness (QED) is 0.905. The van der Waals surface area contributed by atoms with Crippen molar-refractivity contribution in [2.24, 2.45) is 0 Å². The fourth-order valence-electron chi connectivity index (χ4n) is 2.67. The molecule has 0 bridgehead atoms. The lowest BCUT2D eigenvalue weighted by atomic mass is 9.85. The molecule has 0 aliphatic carbocycles. The molecule has 1 heterocycles. The summed E-state index contributed by atoms with van der Waals surface area (Å²) < 4.78 is 11.6. The van der Waals surface area contributed by atoms with E-state index in [1.54, 1.807) is 7.11 Å². The molecule has 1 atom stereocenters. The molecule has 21 heavy (non-hydrogen) atoms. The molecule has 1 saturated heterocycles. The van der Waals surface area contributed by atoms with Crippen LogP contribution >= 0.6 is 0 Å². The molecule has 1 aromatic carbocycles. The van der Waals surface area contributed by atoms with Crippen LogP contribution in [0.3, 0.4) is 0 Å². The van der Waals surface area contributed by atoms with Crippen molar-refractivity contribution in [2.45, 2.75) is 38.2 Å². The lowest BCUT2D eigenvalue weighted by molar-refractivity contribution is 0.101. The summed E-state index contributed by atoms with van der Waals surface area (Å²) in [6.07, 6.45) is 2.46. The van der Waals surface area contributed by atoms with Gasteiger partial charge in [0, 0.05) is 12.0 Å². The topological polar surface area (TPSA) is 41.9 Å². The number of piperidine rings is 1. The molecule has 118 valence electrons. The molecule has 1 aromatic rings. The van der Waals surface area contributed by atoms with Crippen LogP contribution in [0.1, 0.15) is 32.3 Å². The van der Waals surface area contributed by atoms with Gasteiger partial charge in [0.05, 0.1) is 13.7 Å². The third kappa shape index (κ3) is 3.89. The number of hydrogen-bond acceptors (Lipinski definition) is 4. The van der Waals surface area contributed by atoms with Crippen LogP contribution in [0.2, 0.25) is 0 Å². The summed E-state index contributed by atoms with van der Waals surface area (Å²) in [5, 5.41) is 9.49. The molecule has 1 aliphatic heterocycles. The van der Waals surface area contributed by atoms with Crippen molar-refractivity contribution in [3.05, 3.63) is 23.8 Å². The normalized spacial score (nSPS) is 20.3. The summed E-state index contributed by atoms with van der Waals surface area (Å²) in [6.45, 7) is 6.22. The van der Waals surface area contributed by atoms with E-state index in [-0.39, 0.29) is 18.1 Å². The Morgan fingerprint density at radius 3 is 2.71 bits per heavy atom. The summed E-state index contributed by atoms with van der Waals surface area (Å²) in [5.41, 5.74) is 0.770. The molecule has 1 aliphatic rings. The second-order valence-electron chi connectivity index (χ2n) is 6.55.